The highest BCUT2D eigenvalue weighted by atomic mass is 14.5. The Hall–Kier alpha value is -2.08. The van der Waals surface area contributed by atoms with Gasteiger partial charge in [-0.2, -0.15) is 0 Å². The van der Waals surface area contributed by atoms with Gasteiger partial charge >= 0.3 is 0 Å². The number of unbranched alkanes of at least 4 members (excludes halogenated alkanes) is 1. The van der Waals surface area contributed by atoms with Crippen LogP contribution in [0.5, 0.6) is 0 Å². The number of benzene rings is 2. The van der Waals surface area contributed by atoms with Gasteiger partial charge in [0.1, 0.15) is 0 Å². The van der Waals surface area contributed by atoms with Gasteiger partial charge in [0.25, 0.3) is 0 Å². The van der Waals surface area contributed by atoms with Crippen molar-refractivity contribution in [2.75, 3.05) is 0 Å². The van der Waals surface area contributed by atoms with Gasteiger partial charge in [0.15, 0.2) is 0 Å². The van der Waals surface area contributed by atoms with E-state index in [0.717, 1.165) is 6.42 Å². The van der Waals surface area contributed by atoms with Crippen LogP contribution in [-0.4, -0.2) is 0 Å². The number of allylic oxidation sites excluding steroid dienone is 4. The molecule has 4 rings (SSSR count). The van der Waals surface area contributed by atoms with Crippen molar-refractivity contribution in [3.63, 3.8) is 0 Å². The first-order valence-corrected chi connectivity index (χ1v) is 9.67. The molecule has 0 saturated heterocycles. The lowest BCUT2D eigenvalue weighted by molar-refractivity contribution is 0.257. The first kappa shape index (κ1) is 16.4. The van der Waals surface area contributed by atoms with Gasteiger partial charge in [0, 0.05) is 10.8 Å². The molecule has 0 heteroatoms. The van der Waals surface area contributed by atoms with Crippen LogP contribution in [0.3, 0.4) is 0 Å². The molecule has 0 saturated carbocycles. The van der Waals surface area contributed by atoms with Gasteiger partial charge in [-0.25, -0.2) is 0 Å². The van der Waals surface area contributed by atoms with E-state index in [1.807, 2.05) is 0 Å². The fraction of sp³-hybridized carbons (Fsp3) is 0.360. The number of hydrogen-bond acceptors (Lipinski definition) is 0. The average Bonchev–Trinajstić information content (AvgIpc) is 3.25. The number of rotatable bonds is 5. The van der Waals surface area contributed by atoms with Crippen molar-refractivity contribution in [2.45, 2.75) is 51.9 Å². The zero-order chi connectivity index (χ0) is 17.5. The molecular weight excluding hydrogens is 300 g/mol. The van der Waals surface area contributed by atoms with Crippen molar-refractivity contribution in [3.05, 3.63) is 83.5 Å². The summed E-state index contributed by atoms with van der Waals surface area (Å²) in [5, 5.41) is 0. The Morgan fingerprint density at radius 3 is 2.40 bits per heavy atom. The second-order valence-electron chi connectivity index (χ2n) is 8.15. The molecule has 0 heterocycles. The zero-order valence-electron chi connectivity index (χ0n) is 15.7. The molecule has 0 radical (unpaired) electrons. The molecule has 0 fully saturated rings. The molecule has 0 spiro atoms. The molecule has 2 aromatic carbocycles. The predicted octanol–water partition coefficient (Wildman–Crippen LogP) is 6.84. The first-order valence-electron chi connectivity index (χ1n) is 9.67. The SMILES string of the molecule is CCCCC1(C(C)(C)c2cccc3c2Cc2ccccc2-3)C=CC=C1. The molecule has 0 amide bonds. The van der Waals surface area contributed by atoms with E-state index in [1.165, 1.54) is 41.5 Å². The Morgan fingerprint density at radius 2 is 1.64 bits per heavy atom. The Morgan fingerprint density at radius 1 is 0.920 bits per heavy atom. The lowest BCUT2D eigenvalue weighted by Crippen LogP contribution is -2.38. The van der Waals surface area contributed by atoms with Gasteiger partial charge < -0.3 is 0 Å². The molecule has 0 bridgehead atoms. The standard InChI is InChI=1S/C25H28/c1-4-5-15-25(16-8-9-17-25)24(2,3)23-14-10-13-21-20-12-7-6-11-19(20)18-22(21)23/h6-14,16-17H,4-5,15,18H2,1-3H3. The quantitative estimate of drug-likeness (QED) is 0.481. The molecule has 0 N–H and O–H groups in total. The molecular formula is C25H28. The van der Waals surface area contributed by atoms with E-state index in [0.29, 0.717) is 0 Å². The highest BCUT2D eigenvalue weighted by Crippen LogP contribution is 2.52. The van der Waals surface area contributed by atoms with Gasteiger partial charge in [0.05, 0.1) is 0 Å². The summed E-state index contributed by atoms with van der Waals surface area (Å²) in [5.74, 6) is 0. The molecule has 25 heavy (non-hydrogen) atoms. The maximum Gasteiger partial charge on any atom is 0.0159 e. The third kappa shape index (κ3) is 2.42. The van der Waals surface area contributed by atoms with Gasteiger partial charge in [-0.1, -0.05) is 100 Å². The Labute approximate surface area is 152 Å². The summed E-state index contributed by atoms with van der Waals surface area (Å²) in [5.41, 5.74) is 7.62. The minimum absolute atomic E-state index is 0.0824. The minimum Gasteiger partial charge on any atom is -0.0737 e. The largest absolute Gasteiger partial charge is 0.0737 e. The summed E-state index contributed by atoms with van der Waals surface area (Å²) in [6.07, 6.45) is 14.2. The highest BCUT2D eigenvalue weighted by Gasteiger charge is 2.44. The van der Waals surface area contributed by atoms with Crippen LogP contribution in [-0.2, 0) is 11.8 Å². The van der Waals surface area contributed by atoms with Crippen LogP contribution >= 0.6 is 0 Å². The fourth-order valence-electron chi connectivity index (χ4n) is 4.87. The lowest BCUT2D eigenvalue weighted by atomic mass is 9.59. The summed E-state index contributed by atoms with van der Waals surface area (Å²) in [6.45, 7) is 7.18. The fourth-order valence-corrected chi connectivity index (χ4v) is 4.87. The third-order valence-corrected chi connectivity index (χ3v) is 6.53. The highest BCUT2D eigenvalue weighted by molar-refractivity contribution is 5.78. The topological polar surface area (TPSA) is 0 Å². The maximum atomic E-state index is 2.45. The summed E-state index contributed by atoms with van der Waals surface area (Å²) >= 11 is 0. The smallest absolute Gasteiger partial charge is 0.0159 e. The molecule has 0 nitrogen and oxygen atoms in total. The van der Waals surface area contributed by atoms with Crippen LogP contribution in [0.2, 0.25) is 0 Å². The van der Waals surface area contributed by atoms with Crippen molar-refractivity contribution < 1.29 is 0 Å². The van der Waals surface area contributed by atoms with E-state index >= 15 is 0 Å². The van der Waals surface area contributed by atoms with Crippen molar-refractivity contribution in [1.29, 1.82) is 0 Å². The van der Waals surface area contributed by atoms with Crippen LogP contribution < -0.4 is 0 Å². The van der Waals surface area contributed by atoms with Gasteiger partial charge in [-0.3, -0.25) is 0 Å². The van der Waals surface area contributed by atoms with Crippen LogP contribution in [0, 0.1) is 5.41 Å². The maximum absolute atomic E-state index is 2.45. The van der Waals surface area contributed by atoms with Crippen molar-refractivity contribution in [3.8, 4) is 11.1 Å². The minimum atomic E-state index is 0.0824. The zero-order valence-corrected chi connectivity index (χ0v) is 15.7. The van der Waals surface area contributed by atoms with E-state index in [4.69, 9.17) is 0 Å². The van der Waals surface area contributed by atoms with Gasteiger partial charge in [-0.05, 0) is 40.7 Å². The second-order valence-corrected chi connectivity index (χ2v) is 8.15. The molecule has 0 aromatic heterocycles. The molecule has 2 aliphatic rings. The van der Waals surface area contributed by atoms with E-state index in [-0.39, 0.29) is 10.8 Å². The van der Waals surface area contributed by atoms with Crippen LogP contribution in [0.15, 0.2) is 66.8 Å². The van der Waals surface area contributed by atoms with E-state index < -0.39 is 0 Å². The summed E-state index contributed by atoms with van der Waals surface area (Å²) in [6, 6.07) is 15.8. The third-order valence-electron chi connectivity index (χ3n) is 6.53. The number of fused-ring (bicyclic) bond motifs is 3. The number of hydrogen-bond donors (Lipinski definition) is 0. The Kier molecular flexibility index (Phi) is 3.95. The summed E-state index contributed by atoms with van der Waals surface area (Å²) in [7, 11) is 0. The summed E-state index contributed by atoms with van der Waals surface area (Å²) < 4.78 is 0. The monoisotopic (exact) mass is 328 g/mol. The van der Waals surface area contributed by atoms with Crippen molar-refractivity contribution in [1.82, 2.24) is 0 Å². The molecule has 2 aromatic rings. The molecule has 128 valence electrons. The van der Waals surface area contributed by atoms with Gasteiger partial charge in [0.2, 0.25) is 0 Å². The average molecular weight is 328 g/mol. The Balaban J connectivity index is 1.83. The van der Waals surface area contributed by atoms with E-state index in [1.54, 1.807) is 5.56 Å². The predicted molar refractivity (Wildman–Crippen MR) is 108 cm³/mol. The molecule has 0 aliphatic heterocycles. The first-order chi connectivity index (χ1) is 12.1. The van der Waals surface area contributed by atoms with Crippen LogP contribution in [0.1, 0.15) is 56.7 Å². The van der Waals surface area contributed by atoms with Crippen LogP contribution in [0.4, 0.5) is 0 Å². The molecule has 2 aliphatic carbocycles. The van der Waals surface area contributed by atoms with Crippen molar-refractivity contribution >= 4 is 0 Å². The van der Waals surface area contributed by atoms with Crippen molar-refractivity contribution in [2.24, 2.45) is 5.41 Å². The van der Waals surface area contributed by atoms with Crippen LogP contribution in [0.25, 0.3) is 11.1 Å². The van der Waals surface area contributed by atoms with E-state index in [2.05, 4.69) is 87.5 Å². The molecule has 0 unspecified atom stereocenters. The van der Waals surface area contributed by atoms with E-state index in [9.17, 15) is 0 Å². The molecule has 0 atom stereocenters. The second kappa shape index (κ2) is 6.02. The summed E-state index contributed by atoms with van der Waals surface area (Å²) in [4.78, 5) is 0. The van der Waals surface area contributed by atoms with Gasteiger partial charge in [-0.15, -0.1) is 0 Å². The lowest BCUT2D eigenvalue weighted by Gasteiger charge is -2.44. The normalized spacial score (nSPS) is 16.9. The Bertz CT molecular complexity index is 836.